The van der Waals surface area contributed by atoms with E-state index in [1.165, 1.54) is 23.8 Å². The van der Waals surface area contributed by atoms with Crippen LogP contribution in [0.3, 0.4) is 0 Å². The summed E-state index contributed by atoms with van der Waals surface area (Å²) in [6.45, 7) is 0.549. The summed E-state index contributed by atoms with van der Waals surface area (Å²) < 4.78 is 11.8. The first-order valence-corrected chi connectivity index (χ1v) is 11.8. The molecular weight excluding hydrogens is 460 g/mol. The van der Waals surface area contributed by atoms with Gasteiger partial charge in [0.2, 0.25) is 5.91 Å². The molecule has 2 aromatic carbocycles. The Balaban J connectivity index is 1.25. The van der Waals surface area contributed by atoms with E-state index in [1.807, 2.05) is 12.1 Å². The topological polar surface area (TPSA) is 123 Å². The van der Waals surface area contributed by atoms with Crippen LogP contribution >= 0.6 is 11.8 Å². The molecule has 1 saturated heterocycles. The average Bonchev–Trinajstić information content (AvgIpc) is 3.20. The van der Waals surface area contributed by atoms with Gasteiger partial charge in [-0.15, -0.1) is 11.8 Å². The number of thioether (sulfide) groups is 1. The monoisotopic (exact) mass is 482 g/mol. The second-order valence-corrected chi connectivity index (χ2v) is 9.09. The molecule has 2 N–H and O–H groups in total. The van der Waals surface area contributed by atoms with Crippen molar-refractivity contribution in [2.24, 2.45) is 0 Å². The second-order valence-electron chi connectivity index (χ2n) is 8.07. The summed E-state index contributed by atoms with van der Waals surface area (Å²) >= 11 is 1.45. The molecule has 1 atom stereocenters. The zero-order valence-electron chi connectivity index (χ0n) is 18.3. The number of benzene rings is 2. The van der Waals surface area contributed by atoms with E-state index >= 15 is 0 Å². The van der Waals surface area contributed by atoms with Gasteiger partial charge in [0.1, 0.15) is 11.9 Å². The first kappa shape index (κ1) is 22.1. The summed E-state index contributed by atoms with van der Waals surface area (Å²) in [4.78, 5) is 54.6. The Kier molecular flexibility index (Phi) is 5.78. The molecular formula is C23H22N4O6S. The summed E-state index contributed by atoms with van der Waals surface area (Å²) in [6, 6.07) is 10.4. The molecule has 0 spiro atoms. The van der Waals surface area contributed by atoms with E-state index < -0.39 is 11.8 Å². The van der Waals surface area contributed by atoms with Gasteiger partial charge in [-0.05, 0) is 43.2 Å². The highest BCUT2D eigenvalue weighted by molar-refractivity contribution is 8.00. The molecule has 0 bridgehead atoms. The molecule has 1 aromatic heterocycles. The van der Waals surface area contributed by atoms with Gasteiger partial charge in [0.25, 0.3) is 5.56 Å². The molecule has 10 nitrogen and oxygen atoms in total. The SMILES string of the molecule is COc1ccc2c(=O)n(CCCC3CN(c4ccc5c(c4)NC(=O)CS5)C(=O)O3)c(=O)[nH]c2c1. The molecule has 2 aliphatic rings. The van der Waals surface area contributed by atoms with Gasteiger partial charge in [0.05, 0.1) is 36.0 Å². The molecule has 0 saturated carbocycles. The number of nitrogens with one attached hydrogen (secondary N) is 2. The molecule has 176 valence electrons. The maximum Gasteiger partial charge on any atom is 0.414 e. The standard InChI is InChI=1S/C23H22N4O6S/c1-32-14-5-6-16-17(10-14)25-22(30)26(21(16)29)8-2-3-15-11-27(23(31)33-15)13-4-7-19-18(9-13)24-20(28)12-34-19/h4-7,9-10,15H,2-3,8,11-12H2,1H3,(H,24,28)(H,25,30). The molecule has 5 rings (SSSR count). The summed E-state index contributed by atoms with van der Waals surface area (Å²) in [5, 5.41) is 3.22. The number of carbonyl (C=O) groups is 2. The summed E-state index contributed by atoms with van der Waals surface area (Å²) in [5.74, 6) is 0.847. The summed E-state index contributed by atoms with van der Waals surface area (Å²) in [6.07, 6.45) is 0.140. The fourth-order valence-electron chi connectivity index (χ4n) is 4.16. The van der Waals surface area contributed by atoms with E-state index in [-0.39, 0.29) is 24.1 Å². The molecule has 1 fully saturated rings. The number of anilines is 2. The molecule has 11 heteroatoms. The van der Waals surface area contributed by atoms with Crippen LogP contribution in [0.4, 0.5) is 16.2 Å². The lowest BCUT2D eigenvalue weighted by molar-refractivity contribution is -0.113. The van der Waals surface area contributed by atoms with Crippen molar-refractivity contribution in [2.45, 2.75) is 30.4 Å². The van der Waals surface area contributed by atoms with E-state index in [0.29, 0.717) is 53.2 Å². The number of aromatic amines is 1. The fraction of sp³-hybridized carbons (Fsp3) is 0.304. The highest BCUT2D eigenvalue weighted by Gasteiger charge is 2.32. The third-order valence-electron chi connectivity index (χ3n) is 5.88. The Bertz CT molecular complexity index is 1410. The van der Waals surface area contributed by atoms with Gasteiger partial charge >= 0.3 is 11.8 Å². The lowest BCUT2D eigenvalue weighted by atomic mass is 10.1. The zero-order valence-corrected chi connectivity index (χ0v) is 19.1. The van der Waals surface area contributed by atoms with Crippen molar-refractivity contribution in [3.8, 4) is 5.75 Å². The van der Waals surface area contributed by atoms with Crippen LogP contribution in [0.15, 0.2) is 50.9 Å². The molecule has 1 unspecified atom stereocenters. The highest BCUT2D eigenvalue weighted by Crippen LogP contribution is 2.35. The van der Waals surface area contributed by atoms with Gasteiger partial charge in [0.15, 0.2) is 0 Å². The Morgan fingerprint density at radius 2 is 2.00 bits per heavy atom. The number of nitrogens with zero attached hydrogens (tertiary/aromatic N) is 2. The number of rotatable bonds is 6. The minimum absolute atomic E-state index is 0.0745. The van der Waals surface area contributed by atoms with Crippen molar-refractivity contribution in [3.05, 3.63) is 57.2 Å². The Morgan fingerprint density at radius 1 is 1.15 bits per heavy atom. The van der Waals surface area contributed by atoms with Crippen LogP contribution < -0.4 is 26.2 Å². The number of aromatic nitrogens is 2. The zero-order chi connectivity index (χ0) is 23.8. The van der Waals surface area contributed by atoms with Crippen molar-refractivity contribution >= 4 is 46.0 Å². The third kappa shape index (κ3) is 4.14. The largest absolute Gasteiger partial charge is 0.497 e. The quantitative estimate of drug-likeness (QED) is 0.554. The van der Waals surface area contributed by atoms with E-state index in [2.05, 4.69) is 10.3 Å². The number of H-pyrrole nitrogens is 1. The van der Waals surface area contributed by atoms with Gasteiger partial charge < -0.3 is 19.8 Å². The summed E-state index contributed by atoms with van der Waals surface area (Å²) in [7, 11) is 1.51. The van der Waals surface area contributed by atoms with Gasteiger partial charge in [-0.1, -0.05) is 0 Å². The van der Waals surface area contributed by atoms with Crippen LogP contribution in [-0.4, -0.2) is 47.1 Å². The van der Waals surface area contributed by atoms with Crippen molar-refractivity contribution in [1.29, 1.82) is 0 Å². The number of hydrogen-bond acceptors (Lipinski definition) is 7. The minimum atomic E-state index is -0.496. The van der Waals surface area contributed by atoms with Crippen LogP contribution in [0, 0.1) is 0 Å². The van der Waals surface area contributed by atoms with Crippen molar-refractivity contribution < 1.29 is 19.1 Å². The maximum atomic E-state index is 12.8. The first-order valence-electron chi connectivity index (χ1n) is 10.8. The maximum absolute atomic E-state index is 12.8. The second kappa shape index (κ2) is 8.90. The minimum Gasteiger partial charge on any atom is -0.497 e. The number of ether oxygens (including phenoxy) is 2. The van der Waals surface area contributed by atoms with Crippen LogP contribution in [0.25, 0.3) is 10.9 Å². The third-order valence-corrected chi connectivity index (χ3v) is 6.95. The lowest BCUT2D eigenvalue weighted by Gasteiger charge is -2.20. The number of hydrogen-bond donors (Lipinski definition) is 2. The Labute approximate surface area is 197 Å². The van der Waals surface area contributed by atoms with E-state index in [4.69, 9.17) is 9.47 Å². The molecule has 0 radical (unpaired) electrons. The lowest BCUT2D eigenvalue weighted by Crippen LogP contribution is -2.35. The molecule has 2 aliphatic heterocycles. The van der Waals surface area contributed by atoms with Crippen LogP contribution in [0.1, 0.15) is 12.8 Å². The predicted molar refractivity (Wildman–Crippen MR) is 128 cm³/mol. The van der Waals surface area contributed by atoms with Gasteiger partial charge in [-0.2, -0.15) is 0 Å². The van der Waals surface area contributed by atoms with Crippen LogP contribution in [0.2, 0.25) is 0 Å². The van der Waals surface area contributed by atoms with Crippen LogP contribution in [-0.2, 0) is 16.1 Å². The average molecular weight is 483 g/mol. The predicted octanol–water partition coefficient (Wildman–Crippen LogP) is 2.55. The van der Waals surface area contributed by atoms with Gasteiger partial charge in [-0.25, -0.2) is 9.59 Å². The molecule has 2 amide bonds. The Hall–Kier alpha value is -3.73. The van der Waals surface area contributed by atoms with Gasteiger partial charge in [0, 0.05) is 23.2 Å². The van der Waals surface area contributed by atoms with Crippen molar-refractivity contribution in [3.63, 3.8) is 0 Å². The highest BCUT2D eigenvalue weighted by atomic mass is 32.2. The van der Waals surface area contributed by atoms with Crippen molar-refractivity contribution in [2.75, 3.05) is 29.6 Å². The number of carbonyl (C=O) groups excluding carboxylic acids is 2. The molecule has 3 heterocycles. The van der Waals surface area contributed by atoms with Crippen LogP contribution in [0.5, 0.6) is 5.75 Å². The first-order chi connectivity index (χ1) is 16.4. The molecule has 0 aliphatic carbocycles. The fourth-order valence-corrected chi connectivity index (χ4v) is 4.95. The Morgan fingerprint density at radius 3 is 2.82 bits per heavy atom. The van der Waals surface area contributed by atoms with E-state index in [1.54, 1.807) is 24.3 Å². The molecule has 3 aromatic rings. The van der Waals surface area contributed by atoms with Gasteiger partial charge in [-0.3, -0.25) is 19.1 Å². The smallest absolute Gasteiger partial charge is 0.414 e. The summed E-state index contributed by atoms with van der Waals surface area (Å²) in [5.41, 5.74) is 0.880. The number of methoxy groups -OCH3 is 1. The van der Waals surface area contributed by atoms with E-state index in [0.717, 1.165) is 9.46 Å². The van der Waals surface area contributed by atoms with E-state index in [9.17, 15) is 19.2 Å². The number of fused-ring (bicyclic) bond motifs is 2. The number of cyclic esters (lactones) is 1. The number of amides is 2. The normalized spacial score (nSPS) is 17.4. The van der Waals surface area contributed by atoms with Crippen molar-refractivity contribution in [1.82, 2.24) is 9.55 Å². The molecule has 34 heavy (non-hydrogen) atoms.